The summed E-state index contributed by atoms with van der Waals surface area (Å²) in [6, 6.07) is 15.0. The third-order valence-corrected chi connectivity index (χ3v) is 14.4. The van der Waals surface area contributed by atoms with Crippen molar-refractivity contribution in [1.82, 2.24) is 5.32 Å². The number of carboxylic acid groups (broad SMARTS) is 1. The molecule has 0 heterocycles. The topological polar surface area (TPSA) is 103 Å². The molecule has 2 aromatic rings. The third kappa shape index (κ3) is 12.1. The molecule has 0 aromatic heterocycles. The van der Waals surface area contributed by atoms with E-state index < -0.39 is 50.3 Å². The Morgan fingerprint density at radius 3 is 1.91 bits per heavy atom. The lowest BCUT2D eigenvalue weighted by atomic mass is 10.0. The van der Waals surface area contributed by atoms with Gasteiger partial charge in [0.25, 0.3) is 0 Å². The number of benzene rings is 2. The molecule has 0 aliphatic heterocycles. The minimum Gasteiger partial charge on any atom is -0.480 e. The van der Waals surface area contributed by atoms with Crippen LogP contribution >= 0.6 is 0 Å². The monoisotopic (exact) mass is 661 g/mol. The van der Waals surface area contributed by atoms with Gasteiger partial charge >= 0.3 is 12.1 Å². The number of alkyl carbamates (subject to hydrolysis) is 1. The van der Waals surface area contributed by atoms with Crippen LogP contribution in [0.4, 0.5) is 9.18 Å². The van der Waals surface area contributed by atoms with E-state index in [0.717, 1.165) is 11.1 Å². The van der Waals surface area contributed by atoms with E-state index in [1.165, 1.54) is 12.1 Å². The molecule has 0 aliphatic carbocycles. The van der Waals surface area contributed by atoms with Crippen LogP contribution < -0.4 is 5.32 Å². The summed E-state index contributed by atoms with van der Waals surface area (Å²) >= 11 is 0. The predicted octanol–water partition coefficient (Wildman–Crippen LogP) is 8.29. The summed E-state index contributed by atoms with van der Waals surface area (Å²) in [5.74, 6) is -1.53. The van der Waals surface area contributed by atoms with Gasteiger partial charge < -0.3 is 29.1 Å². The minimum atomic E-state index is -2.46. The molecule has 0 aliphatic rings. The summed E-state index contributed by atoms with van der Waals surface area (Å²) in [4.78, 5) is 24.4. The number of carboxylic acids is 1. The SMILES string of the molecule is CC(C)[Si](O[C@@H]([C@H](C)OCc1ccccc1)[C@@H](Cc1ccc(F)cc1)OCC[C@H](NC(=O)OC(C)(C)C)C(=O)O)(C(C)C)C(C)C. The molecule has 4 atom stereocenters. The van der Waals surface area contributed by atoms with Crippen LogP contribution in [0.15, 0.2) is 54.6 Å². The van der Waals surface area contributed by atoms with Gasteiger partial charge in [0.15, 0.2) is 0 Å². The van der Waals surface area contributed by atoms with Crippen LogP contribution in [0, 0.1) is 5.82 Å². The Morgan fingerprint density at radius 2 is 1.41 bits per heavy atom. The van der Waals surface area contributed by atoms with E-state index in [1.807, 2.05) is 37.3 Å². The number of hydrogen-bond acceptors (Lipinski definition) is 6. The Labute approximate surface area is 276 Å². The molecule has 46 heavy (non-hydrogen) atoms. The molecule has 0 radical (unpaired) electrons. The molecule has 0 spiro atoms. The molecular weight excluding hydrogens is 605 g/mol. The third-order valence-electron chi connectivity index (χ3n) is 8.31. The fourth-order valence-electron chi connectivity index (χ4n) is 6.18. The molecule has 0 saturated carbocycles. The van der Waals surface area contributed by atoms with E-state index in [2.05, 4.69) is 46.9 Å². The highest BCUT2D eigenvalue weighted by Crippen LogP contribution is 2.44. The largest absolute Gasteiger partial charge is 0.480 e. The van der Waals surface area contributed by atoms with Gasteiger partial charge in [-0.3, -0.25) is 0 Å². The lowest BCUT2D eigenvalue weighted by molar-refractivity contribution is -0.141. The van der Waals surface area contributed by atoms with Crippen LogP contribution in [-0.4, -0.2) is 62.0 Å². The Morgan fingerprint density at radius 1 is 0.848 bits per heavy atom. The number of carbonyl (C=O) groups excluding carboxylic acids is 1. The van der Waals surface area contributed by atoms with Crippen LogP contribution in [-0.2, 0) is 36.5 Å². The molecule has 0 saturated heterocycles. The molecule has 0 unspecified atom stereocenters. The van der Waals surface area contributed by atoms with Crippen LogP contribution in [0.5, 0.6) is 0 Å². The van der Waals surface area contributed by atoms with Gasteiger partial charge in [-0.05, 0) is 67.6 Å². The average Bonchev–Trinajstić information content (AvgIpc) is 2.95. The summed E-state index contributed by atoms with van der Waals surface area (Å²) < 4.78 is 39.5. The smallest absolute Gasteiger partial charge is 0.408 e. The van der Waals surface area contributed by atoms with Crippen molar-refractivity contribution >= 4 is 20.4 Å². The van der Waals surface area contributed by atoms with Gasteiger partial charge in [0.1, 0.15) is 17.5 Å². The first-order valence-electron chi connectivity index (χ1n) is 16.4. The van der Waals surface area contributed by atoms with E-state index >= 15 is 0 Å². The summed E-state index contributed by atoms with van der Waals surface area (Å²) in [6.45, 7) is 20.8. The average molecular weight is 662 g/mol. The van der Waals surface area contributed by atoms with Gasteiger partial charge in [-0.15, -0.1) is 0 Å². The van der Waals surface area contributed by atoms with Gasteiger partial charge in [0.2, 0.25) is 8.32 Å². The molecule has 2 rings (SSSR count). The molecule has 258 valence electrons. The fourth-order valence-corrected chi connectivity index (χ4v) is 11.8. The molecule has 1 amide bonds. The van der Waals surface area contributed by atoms with Gasteiger partial charge in [0, 0.05) is 19.4 Å². The number of aliphatic carboxylic acids is 1. The molecule has 2 N–H and O–H groups in total. The zero-order valence-corrected chi connectivity index (χ0v) is 30.3. The standard InChI is InChI=1S/C36H56FNO7Si/c1-24(2)46(25(3)4,26(5)6)45-33(27(7)43-23-29-14-12-11-13-15-29)32(22-28-16-18-30(37)19-17-28)42-21-20-31(34(39)40)38-35(41)44-36(8,9)10/h11-19,24-27,31-33H,20-23H2,1-10H3,(H,38,41)(H,39,40)/t27-,31-,32+,33-/m0/s1. The Kier molecular flexibility index (Phi) is 15.4. The van der Waals surface area contributed by atoms with Crippen LogP contribution in [0.25, 0.3) is 0 Å². The lowest BCUT2D eigenvalue weighted by Crippen LogP contribution is -2.56. The normalized spacial score (nSPS) is 15.1. The number of nitrogens with one attached hydrogen (secondary N) is 1. The highest BCUT2D eigenvalue weighted by molar-refractivity contribution is 6.77. The zero-order valence-electron chi connectivity index (χ0n) is 29.3. The maximum atomic E-state index is 13.9. The van der Waals surface area contributed by atoms with Crippen molar-refractivity contribution < 1.29 is 37.7 Å². The van der Waals surface area contributed by atoms with E-state index in [0.29, 0.717) is 13.0 Å². The molecule has 2 aromatic carbocycles. The highest BCUT2D eigenvalue weighted by atomic mass is 28.4. The van der Waals surface area contributed by atoms with Crippen molar-refractivity contribution in [3.05, 3.63) is 71.5 Å². The van der Waals surface area contributed by atoms with Crippen molar-refractivity contribution in [2.45, 2.75) is 135 Å². The van der Waals surface area contributed by atoms with Gasteiger partial charge in [-0.1, -0.05) is 84.0 Å². The van der Waals surface area contributed by atoms with E-state index in [4.69, 9.17) is 18.6 Å². The summed E-state index contributed by atoms with van der Waals surface area (Å²) in [6.07, 6.45) is -1.90. The van der Waals surface area contributed by atoms with Crippen molar-refractivity contribution in [3.63, 3.8) is 0 Å². The molecule has 0 fully saturated rings. The van der Waals surface area contributed by atoms with E-state index in [-0.39, 0.29) is 35.5 Å². The van der Waals surface area contributed by atoms with Crippen molar-refractivity contribution in [2.24, 2.45) is 0 Å². The first-order chi connectivity index (χ1) is 21.5. The Balaban J connectivity index is 2.46. The lowest BCUT2D eigenvalue weighted by Gasteiger charge is -2.47. The number of halogens is 1. The van der Waals surface area contributed by atoms with Crippen molar-refractivity contribution in [1.29, 1.82) is 0 Å². The number of rotatable bonds is 18. The van der Waals surface area contributed by atoms with Gasteiger partial charge in [0.05, 0.1) is 24.9 Å². The first kappa shape index (κ1) is 39.4. The molecule has 0 bridgehead atoms. The highest BCUT2D eigenvalue weighted by Gasteiger charge is 2.49. The summed E-state index contributed by atoms with van der Waals surface area (Å²) in [5, 5.41) is 12.3. The number of ether oxygens (including phenoxy) is 3. The van der Waals surface area contributed by atoms with Crippen LogP contribution in [0.2, 0.25) is 16.6 Å². The van der Waals surface area contributed by atoms with E-state index in [1.54, 1.807) is 32.9 Å². The second kappa shape index (κ2) is 17.9. The summed E-state index contributed by atoms with van der Waals surface area (Å²) in [7, 11) is -2.46. The Hall–Kier alpha value is -2.79. The number of hydrogen-bond donors (Lipinski definition) is 2. The molecule has 8 nitrogen and oxygen atoms in total. The Bertz CT molecular complexity index is 1180. The van der Waals surface area contributed by atoms with Gasteiger partial charge in [-0.25, -0.2) is 14.0 Å². The quantitative estimate of drug-likeness (QED) is 0.155. The van der Waals surface area contributed by atoms with Crippen LogP contribution in [0.3, 0.4) is 0 Å². The molecule has 10 heteroatoms. The first-order valence-corrected chi connectivity index (χ1v) is 18.5. The number of carbonyl (C=O) groups is 2. The van der Waals surface area contributed by atoms with E-state index in [9.17, 15) is 19.1 Å². The van der Waals surface area contributed by atoms with Crippen LogP contribution in [0.1, 0.15) is 86.8 Å². The predicted molar refractivity (Wildman–Crippen MR) is 182 cm³/mol. The minimum absolute atomic E-state index is 0.00157. The maximum absolute atomic E-state index is 13.9. The summed E-state index contributed by atoms with van der Waals surface area (Å²) in [5.41, 5.74) is 1.97. The van der Waals surface area contributed by atoms with Crippen molar-refractivity contribution in [3.8, 4) is 0 Å². The maximum Gasteiger partial charge on any atom is 0.408 e. The van der Waals surface area contributed by atoms with Gasteiger partial charge in [-0.2, -0.15) is 0 Å². The second-order valence-corrected chi connectivity index (χ2v) is 19.4. The fraction of sp³-hybridized carbons (Fsp3) is 0.611. The van der Waals surface area contributed by atoms with Crippen molar-refractivity contribution in [2.75, 3.05) is 6.61 Å². The number of amides is 1. The molecular formula is C36H56FNO7Si. The second-order valence-electron chi connectivity index (χ2n) is 14.0. The zero-order chi connectivity index (χ0) is 34.7.